The number of methoxy groups -OCH3 is 1. The third-order valence-corrected chi connectivity index (χ3v) is 6.96. The summed E-state index contributed by atoms with van der Waals surface area (Å²) in [6, 6.07) is 18.7. The number of amides is 2. The third-order valence-electron chi connectivity index (χ3n) is 6.14. The van der Waals surface area contributed by atoms with Crippen LogP contribution in [0.2, 0.25) is 0 Å². The van der Waals surface area contributed by atoms with E-state index in [-0.39, 0.29) is 23.6 Å². The Labute approximate surface area is 210 Å². The zero-order valence-electron chi connectivity index (χ0n) is 20.1. The van der Waals surface area contributed by atoms with Gasteiger partial charge >= 0.3 is 0 Å². The lowest BCUT2D eigenvalue weighted by Crippen LogP contribution is -2.36. The molecule has 0 bridgehead atoms. The fourth-order valence-corrected chi connectivity index (χ4v) is 4.75. The summed E-state index contributed by atoms with van der Waals surface area (Å²) >= 11 is 1.50. The van der Waals surface area contributed by atoms with Gasteiger partial charge < -0.3 is 20.3 Å². The largest absolute Gasteiger partial charge is 0.497 e. The molecule has 3 aromatic rings. The first-order valence-electron chi connectivity index (χ1n) is 11.9. The standard InChI is InChI=1S/C28H31N3O3S/c1-20(21-8-12-23(13-9-21)31-16-4-3-5-17-31)29-28(33)26(19-25-7-6-18-35-25)30-27(32)22-10-14-24(34-2)15-11-22/h6-15,18-20H,3-5,16-17H2,1-2H3,(H,29,33)(H,30,32)/b26-19-/t20-/m1/s1. The molecule has 0 unspecified atom stereocenters. The minimum atomic E-state index is -0.357. The second-order valence-corrected chi connectivity index (χ2v) is 9.57. The predicted octanol–water partition coefficient (Wildman–Crippen LogP) is 5.40. The molecule has 1 fully saturated rings. The van der Waals surface area contributed by atoms with Crippen LogP contribution in [0.5, 0.6) is 5.75 Å². The van der Waals surface area contributed by atoms with Crippen LogP contribution in [-0.4, -0.2) is 32.0 Å². The van der Waals surface area contributed by atoms with E-state index in [0.29, 0.717) is 11.3 Å². The molecular formula is C28H31N3O3S. The Bertz CT molecular complexity index is 1150. The van der Waals surface area contributed by atoms with Crippen molar-refractivity contribution in [1.82, 2.24) is 10.6 Å². The average Bonchev–Trinajstić information content (AvgIpc) is 3.42. The molecule has 0 saturated carbocycles. The number of carbonyl (C=O) groups excluding carboxylic acids is 2. The van der Waals surface area contributed by atoms with Gasteiger partial charge in [-0.3, -0.25) is 9.59 Å². The summed E-state index contributed by atoms with van der Waals surface area (Å²) in [5.74, 6) is -0.0363. The molecule has 1 atom stereocenters. The van der Waals surface area contributed by atoms with Crippen molar-refractivity contribution >= 4 is 34.9 Å². The van der Waals surface area contributed by atoms with E-state index < -0.39 is 0 Å². The maximum absolute atomic E-state index is 13.2. The highest BCUT2D eigenvalue weighted by Crippen LogP contribution is 2.23. The van der Waals surface area contributed by atoms with E-state index in [4.69, 9.17) is 4.74 Å². The Balaban J connectivity index is 1.46. The normalized spacial score (nSPS) is 14.8. The molecule has 6 nitrogen and oxygen atoms in total. The second-order valence-electron chi connectivity index (χ2n) is 8.59. The van der Waals surface area contributed by atoms with E-state index in [9.17, 15) is 9.59 Å². The number of hydrogen-bond donors (Lipinski definition) is 2. The molecule has 0 aliphatic carbocycles. The monoisotopic (exact) mass is 489 g/mol. The number of nitrogens with zero attached hydrogens (tertiary/aromatic N) is 1. The molecule has 4 rings (SSSR count). The van der Waals surface area contributed by atoms with Crippen LogP contribution < -0.4 is 20.3 Å². The Morgan fingerprint density at radius 3 is 2.34 bits per heavy atom. The number of ether oxygens (including phenoxy) is 1. The fourth-order valence-electron chi connectivity index (χ4n) is 4.09. The highest BCUT2D eigenvalue weighted by molar-refractivity contribution is 7.10. The molecule has 2 heterocycles. The van der Waals surface area contributed by atoms with Crippen molar-refractivity contribution in [2.45, 2.75) is 32.2 Å². The zero-order chi connectivity index (χ0) is 24.6. The van der Waals surface area contributed by atoms with Crippen molar-refractivity contribution in [2.24, 2.45) is 0 Å². The van der Waals surface area contributed by atoms with E-state index in [1.54, 1.807) is 37.5 Å². The van der Waals surface area contributed by atoms with E-state index in [1.807, 2.05) is 24.4 Å². The summed E-state index contributed by atoms with van der Waals surface area (Å²) in [5.41, 5.74) is 2.87. The van der Waals surface area contributed by atoms with Crippen molar-refractivity contribution in [3.8, 4) is 5.75 Å². The summed E-state index contributed by atoms with van der Waals surface area (Å²) in [4.78, 5) is 29.4. The summed E-state index contributed by atoms with van der Waals surface area (Å²) in [7, 11) is 1.57. The maximum Gasteiger partial charge on any atom is 0.268 e. The van der Waals surface area contributed by atoms with E-state index >= 15 is 0 Å². The molecule has 1 aliphatic rings. The third kappa shape index (κ3) is 6.51. The van der Waals surface area contributed by atoms with Gasteiger partial charge in [-0.05, 0) is 85.7 Å². The fraction of sp³-hybridized carbons (Fsp3) is 0.286. The van der Waals surface area contributed by atoms with Gasteiger partial charge in [0.1, 0.15) is 11.4 Å². The Morgan fingerprint density at radius 1 is 1.00 bits per heavy atom. The first-order chi connectivity index (χ1) is 17.0. The zero-order valence-corrected chi connectivity index (χ0v) is 20.9. The topological polar surface area (TPSA) is 70.7 Å². The van der Waals surface area contributed by atoms with Crippen LogP contribution in [0.1, 0.15) is 53.0 Å². The van der Waals surface area contributed by atoms with Gasteiger partial charge in [0.2, 0.25) is 0 Å². The van der Waals surface area contributed by atoms with Gasteiger partial charge in [-0.15, -0.1) is 11.3 Å². The molecule has 0 spiro atoms. The van der Waals surface area contributed by atoms with Gasteiger partial charge in [0.05, 0.1) is 13.2 Å². The van der Waals surface area contributed by atoms with Crippen LogP contribution in [0.25, 0.3) is 6.08 Å². The molecule has 2 N–H and O–H groups in total. The maximum atomic E-state index is 13.2. The van der Waals surface area contributed by atoms with Gasteiger partial charge in [0.25, 0.3) is 11.8 Å². The van der Waals surface area contributed by atoms with E-state index in [0.717, 1.165) is 23.5 Å². The van der Waals surface area contributed by atoms with Crippen molar-refractivity contribution in [1.29, 1.82) is 0 Å². The van der Waals surface area contributed by atoms with Crippen molar-refractivity contribution in [3.63, 3.8) is 0 Å². The minimum Gasteiger partial charge on any atom is -0.497 e. The number of rotatable bonds is 8. The number of benzene rings is 2. The van der Waals surface area contributed by atoms with E-state index in [1.165, 1.54) is 36.3 Å². The molecule has 35 heavy (non-hydrogen) atoms. The average molecular weight is 490 g/mol. The number of thiophene rings is 1. The van der Waals surface area contributed by atoms with Gasteiger partial charge in [0, 0.05) is 29.2 Å². The smallest absolute Gasteiger partial charge is 0.268 e. The van der Waals surface area contributed by atoms with Crippen LogP contribution in [0.15, 0.2) is 71.7 Å². The summed E-state index contributed by atoms with van der Waals surface area (Å²) < 4.78 is 5.16. The lowest BCUT2D eigenvalue weighted by Gasteiger charge is -2.29. The first kappa shape index (κ1) is 24.5. The van der Waals surface area contributed by atoms with Gasteiger partial charge in [-0.1, -0.05) is 18.2 Å². The molecule has 0 radical (unpaired) electrons. The number of anilines is 1. The highest BCUT2D eigenvalue weighted by Gasteiger charge is 2.18. The Kier molecular flexibility index (Phi) is 8.21. The van der Waals surface area contributed by atoms with Crippen LogP contribution >= 0.6 is 11.3 Å². The van der Waals surface area contributed by atoms with Crippen LogP contribution in [0, 0.1) is 0 Å². The Hall–Kier alpha value is -3.58. The molecule has 182 valence electrons. The lowest BCUT2D eigenvalue weighted by molar-refractivity contribution is -0.118. The number of nitrogens with one attached hydrogen (secondary N) is 2. The predicted molar refractivity (Wildman–Crippen MR) is 142 cm³/mol. The van der Waals surface area contributed by atoms with Gasteiger partial charge in [0.15, 0.2) is 0 Å². The van der Waals surface area contributed by atoms with Crippen LogP contribution in [0.4, 0.5) is 5.69 Å². The molecule has 1 saturated heterocycles. The molecular weight excluding hydrogens is 458 g/mol. The van der Waals surface area contributed by atoms with Crippen LogP contribution in [0.3, 0.4) is 0 Å². The summed E-state index contributed by atoms with van der Waals surface area (Å²) in [5, 5.41) is 7.75. The molecule has 2 amide bonds. The highest BCUT2D eigenvalue weighted by atomic mass is 32.1. The number of carbonyl (C=O) groups is 2. The SMILES string of the molecule is COc1ccc(C(=O)N/C(=C\c2cccs2)C(=O)N[C@H](C)c2ccc(N3CCCCC3)cc2)cc1. The molecule has 1 aromatic heterocycles. The lowest BCUT2D eigenvalue weighted by atomic mass is 10.1. The van der Waals surface area contributed by atoms with E-state index in [2.05, 4.69) is 39.8 Å². The summed E-state index contributed by atoms with van der Waals surface area (Å²) in [6.45, 7) is 4.13. The van der Waals surface area contributed by atoms with Crippen LogP contribution in [-0.2, 0) is 4.79 Å². The number of hydrogen-bond acceptors (Lipinski definition) is 5. The number of piperidine rings is 1. The molecule has 1 aliphatic heterocycles. The van der Waals surface area contributed by atoms with Gasteiger partial charge in [-0.25, -0.2) is 0 Å². The molecule has 7 heteroatoms. The van der Waals surface area contributed by atoms with Crippen molar-refractivity contribution in [2.75, 3.05) is 25.1 Å². The molecule has 2 aromatic carbocycles. The summed E-state index contributed by atoms with van der Waals surface area (Å²) in [6.07, 6.45) is 5.47. The van der Waals surface area contributed by atoms with Crippen molar-refractivity contribution < 1.29 is 14.3 Å². The first-order valence-corrected chi connectivity index (χ1v) is 12.8. The van der Waals surface area contributed by atoms with Gasteiger partial charge in [-0.2, -0.15) is 0 Å². The Morgan fingerprint density at radius 2 is 1.71 bits per heavy atom. The van der Waals surface area contributed by atoms with Crippen molar-refractivity contribution in [3.05, 3.63) is 87.7 Å². The second kappa shape index (κ2) is 11.7. The minimum absolute atomic E-state index is 0.199. The quantitative estimate of drug-likeness (QED) is 0.416.